The molecule has 138 valence electrons. The maximum Gasteiger partial charge on any atom is 0.397 e. The van der Waals surface area contributed by atoms with E-state index >= 15 is 0 Å². The second kappa shape index (κ2) is 7.19. The van der Waals surface area contributed by atoms with Crippen molar-refractivity contribution in [1.29, 1.82) is 0 Å². The quantitative estimate of drug-likeness (QED) is 0.317. The molecule has 2 unspecified atom stereocenters. The van der Waals surface area contributed by atoms with Crippen LogP contribution in [-0.4, -0.2) is 75.2 Å². The van der Waals surface area contributed by atoms with Crippen molar-refractivity contribution in [2.24, 2.45) is 0 Å². The molecule has 0 aromatic rings. The molecule has 1 rings (SSSR count). The van der Waals surface area contributed by atoms with Gasteiger partial charge < -0.3 is 9.84 Å². The fourth-order valence-electron chi connectivity index (χ4n) is 1.68. The van der Waals surface area contributed by atoms with Crippen LogP contribution >= 0.6 is 0 Å². The van der Waals surface area contributed by atoms with Gasteiger partial charge in [-0.3, -0.25) is 13.7 Å². The number of aliphatic hydroxyl groups is 1. The lowest BCUT2D eigenvalue weighted by molar-refractivity contribution is -0.240. The molecule has 14 nitrogen and oxygen atoms in total. The SMILES string of the molecule is O=S(=O)(O)OCC1C[C@H](OS(=O)(=O)O)C(OS(=O)(=O)O)[C@H](O)O1. The van der Waals surface area contributed by atoms with Gasteiger partial charge in [0.15, 0.2) is 12.4 Å². The second-order valence-electron chi connectivity index (χ2n) is 4.15. The van der Waals surface area contributed by atoms with Crippen LogP contribution in [0.2, 0.25) is 0 Å². The average Bonchev–Trinajstić information content (AvgIpc) is 2.27. The van der Waals surface area contributed by atoms with Crippen LogP contribution in [0.3, 0.4) is 0 Å². The van der Waals surface area contributed by atoms with E-state index in [4.69, 9.17) is 13.7 Å². The molecule has 4 N–H and O–H groups in total. The summed E-state index contributed by atoms with van der Waals surface area (Å²) in [5, 5.41) is 9.55. The van der Waals surface area contributed by atoms with Crippen LogP contribution in [0.5, 0.6) is 0 Å². The molecule has 1 heterocycles. The summed E-state index contributed by atoms with van der Waals surface area (Å²) in [6.45, 7) is -0.903. The van der Waals surface area contributed by atoms with Crippen molar-refractivity contribution in [1.82, 2.24) is 0 Å². The van der Waals surface area contributed by atoms with Crippen molar-refractivity contribution in [3.05, 3.63) is 0 Å². The Bertz CT molecular complexity index is 706. The molecular formula is C6H12O14S3. The topological polar surface area (TPSA) is 220 Å². The molecule has 0 amide bonds. The summed E-state index contributed by atoms with van der Waals surface area (Å²) in [6.07, 6.45) is -8.28. The highest BCUT2D eigenvalue weighted by Gasteiger charge is 2.44. The Kier molecular flexibility index (Phi) is 6.43. The molecule has 0 aromatic heterocycles. The molecule has 1 aliphatic heterocycles. The van der Waals surface area contributed by atoms with E-state index in [9.17, 15) is 30.4 Å². The highest BCUT2D eigenvalue weighted by Crippen LogP contribution is 2.26. The van der Waals surface area contributed by atoms with Crippen LogP contribution in [0.15, 0.2) is 0 Å². The molecule has 0 bridgehead atoms. The minimum absolute atomic E-state index is 0.660. The third-order valence-electron chi connectivity index (χ3n) is 2.36. The second-order valence-corrected chi connectivity index (χ2v) is 7.33. The zero-order valence-electron chi connectivity index (χ0n) is 10.8. The first kappa shape index (κ1) is 20.6. The predicted octanol–water partition coefficient (Wildman–Crippen LogP) is -2.71. The number of hydrogen-bond donors (Lipinski definition) is 4. The Balaban J connectivity index is 2.93. The van der Waals surface area contributed by atoms with Crippen molar-refractivity contribution in [2.75, 3.05) is 6.61 Å². The van der Waals surface area contributed by atoms with E-state index in [1.807, 2.05) is 0 Å². The Morgan fingerprint density at radius 1 is 0.913 bits per heavy atom. The Labute approximate surface area is 130 Å². The highest BCUT2D eigenvalue weighted by atomic mass is 32.3. The molecule has 0 aromatic carbocycles. The van der Waals surface area contributed by atoms with Gasteiger partial charge in [0.2, 0.25) is 0 Å². The molecule has 1 aliphatic rings. The van der Waals surface area contributed by atoms with Crippen LogP contribution in [-0.2, 0) is 48.5 Å². The van der Waals surface area contributed by atoms with Crippen molar-refractivity contribution >= 4 is 31.2 Å². The van der Waals surface area contributed by atoms with E-state index in [0.717, 1.165) is 0 Å². The summed E-state index contributed by atoms with van der Waals surface area (Å²) in [6, 6.07) is 0. The number of ether oxygens (including phenoxy) is 1. The van der Waals surface area contributed by atoms with E-state index in [1.54, 1.807) is 0 Å². The first-order chi connectivity index (χ1) is 10.2. The highest BCUT2D eigenvalue weighted by molar-refractivity contribution is 7.81. The minimum Gasteiger partial charge on any atom is -0.366 e. The van der Waals surface area contributed by atoms with Gasteiger partial charge in [-0.2, -0.15) is 25.3 Å². The third kappa shape index (κ3) is 8.26. The first-order valence-electron chi connectivity index (χ1n) is 5.43. The van der Waals surface area contributed by atoms with Gasteiger partial charge in [-0.05, 0) is 0 Å². The van der Waals surface area contributed by atoms with Crippen LogP contribution in [0.1, 0.15) is 6.42 Å². The summed E-state index contributed by atoms with van der Waals surface area (Å²) < 4.78 is 106. The lowest BCUT2D eigenvalue weighted by atomic mass is 10.0. The maximum atomic E-state index is 10.7. The van der Waals surface area contributed by atoms with Gasteiger partial charge in [-0.25, -0.2) is 12.5 Å². The Morgan fingerprint density at radius 2 is 1.43 bits per heavy atom. The summed E-state index contributed by atoms with van der Waals surface area (Å²) in [7, 11) is -15.2. The molecule has 4 atom stereocenters. The van der Waals surface area contributed by atoms with Crippen LogP contribution in [0, 0.1) is 0 Å². The molecule has 0 radical (unpaired) electrons. The van der Waals surface area contributed by atoms with Crippen LogP contribution < -0.4 is 0 Å². The standard InChI is InChI=1S/C6H12O14S3/c7-6-5(20-23(14,15)16)4(19-22(11,12)13)1-3(18-6)2-17-21(8,9)10/h3-7H,1-2H2,(H,8,9,10)(H,11,12,13)(H,14,15,16)/t3?,4-,5?,6+/m0/s1. The first-order valence-corrected chi connectivity index (χ1v) is 9.52. The molecule has 17 heteroatoms. The van der Waals surface area contributed by atoms with Gasteiger partial charge >= 0.3 is 31.2 Å². The van der Waals surface area contributed by atoms with Crippen molar-refractivity contribution < 1.29 is 61.3 Å². The molecule has 1 saturated heterocycles. The summed E-state index contributed by atoms with van der Waals surface area (Å²) in [5.74, 6) is 0. The van der Waals surface area contributed by atoms with E-state index in [2.05, 4.69) is 17.3 Å². The molecular weight excluding hydrogens is 392 g/mol. The van der Waals surface area contributed by atoms with Crippen molar-refractivity contribution in [3.63, 3.8) is 0 Å². The van der Waals surface area contributed by atoms with Gasteiger partial charge in [0, 0.05) is 6.42 Å². The molecule has 23 heavy (non-hydrogen) atoms. The normalized spacial score (nSPS) is 30.3. The van der Waals surface area contributed by atoms with E-state index in [1.165, 1.54) is 0 Å². The molecule has 0 saturated carbocycles. The lowest BCUT2D eigenvalue weighted by Crippen LogP contribution is -2.53. The zero-order chi connectivity index (χ0) is 18.1. The zero-order valence-corrected chi connectivity index (χ0v) is 13.3. The summed E-state index contributed by atoms with van der Waals surface area (Å²) in [4.78, 5) is 0. The smallest absolute Gasteiger partial charge is 0.366 e. The fourth-order valence-corrected chi connectivity index (χ4v) is 3.00. The van der Waals surface area contributed by atoms with E-state index in [0.29, 0.717) is 0 Å². The summed E-state index contributed by atoms with van der Waals surface area (Å²) >= 11 is 0. The van der Waals surface area contributed by atoms with Gasteiger partial charge in [-0.15, -0.1) is 0 Å². The Morgan fingerprint density at radius 3 is 1.87 bits per heavy atom. The number of rotatable bonds is 7. The lowest BCUT2D eigenvalue weighted by Gasteiger charge is -2.36. The van der Waals surface area contributed by atoms with Gasteiger partial charge in [0.05, 0.1) is 12.7 Å². The van der Waals surface area contributed by atoms with Crippen LogP contribution in [0.25, 0.3) is 0 Å². The van der Waals surface area contributed by atoms with Gasteiger partial charge in [-0.1, -0.05) is 0 Å². The number of hydrogen-bond acceptors (Lipinski definition) is 11. The van der Waals surface area contributed by atoms with Crippen molar-refractivity contribution in [3.8, 4) is 0 Å². The molecule has 0 spiro atoms. The monoisotopic (exact) mass is 404 g/mol. The fraction of sp³-hybridized carbons (Fsp3) is 1.00. The Hall–Kier alpha value is -0.470. The maximum absolute atomic E-state index is 10.7. The number of aliphatic hydroxyl groups excluding tert-OH is 1. The summed E-state index contributed by atoms with van der Waals surface area (Å²) in [5.41, 5.74) is 0. The van der Waals surface area contributed by atoms with E-state index < -0.39 is 68.8 Å². The van der Waals surface area contributed by atoms with Gasteiger partial charge in [0.1, 0.15) is 6.10 Å². The average molecular weight is 404 g/mol. The van der Waals surface area contributed by atoms with Crippen LogP contribution in [0.4, 0.5) is 0 Å². The molecule has 0 aliphatic carbocycles. The van der Waals surface area contributed by atoms with Gasteiger partial charge in [0.25, 0.3) is 0 Å². The molecule has 1 fully saturated rings. The van der Waals surface area contributed by atoms with E-state index in [-0.39, 0.29) is 0 Å². The largest absolute Gasteiger partial charge is 0.397 e. The minimum atomic E-state index is -5.16. The third-order valence-corrected chi connectivity index (χ3v) is 3.75. The van der Waals surface area contributed by atoms with Crippen molar-refractivity contribution in [2.45, 2.75) is 31.0 Å². The predicted molar refractivity (Wildman–Crippen MR) is 65.8 cm³/mol.